The number of aromatic nitrogens is 1. The lowest BCUT2D eigenvalue weighted by molar-refractivity contribution is 1.34. The van der Waals surface area contributed by atoms with Gasteiger partial charge in [-0.15, -0.1) is 33.8 Å². The molecule has 0 aliphatic carbocycles. The molecule has 0 amide bonds. The number of rotatable bonds is 3. The largest absolute Gasteiger partial charge is 0.282 e. The van der Waals surface area contributed by atoms with Crippen molar-refractivity contribution in [3.63, 3.8) is 0 Å². The van der Waals surface area contributed by atoms with Crippen LogP contribution in [0.1, 0.15) is 0 Å². The van der Waals surface area contributed by atoms with Crippen LogP contribution < -0.4 is 5.19 Å². The molecule has 0 spiro atoms. The van der Waals surface area contributed by atoms with E-state index >= 15 is 0 Å². The van der Waals surface area contributed by atoms with Crippen LogP contribution in [0.4, 0.5) is 0 Å². The van der Waals surface area contributed by atoms with Crippen LogP contribution >= 0.6 is 33.8 Å². The molecule has 0 N–H and O–H groups in total. The van der Waals surface area contributed by atoms with Crippen LogP contribution in [0.3, 0.4) is 0 Å². The van der Waals surface area contributed by atoms with Gasteiger partial charge in [0.25, 0.3) is 6.69 Å². The highest BCUT2D eigenvalue weighted by molar-refractivity contribution is 7.51. The van der Waals surface area contributed by atoms with Crippen molar-refractivity contribution >= 4 is 45.6 Å². The van der Waals surface area contributed by atoms with Gasteiger partial charge in [0.15, 0.2) is 0 Å². The zero-order valence-corrected chi connectivity index (χ0v) is 9.57. The van der Waals surface area contributed by atoms with Gasteiger partial charge in [0, 0.05) is 18.3 Å². The predicted molar refractivity (Wildman–Crippen MR) is 56.9 cm³/mol. The summed E-state index contributed by atoms with van der Waals surface area (Å²) in [6.45, 7) is -2.31. The molecule has 5 heteroatoms. The highest BCUT2D eigenvalue weighted by atomic mass is 35.7. The third kappa shape index (κ3) is 2.63. The number of hydrogen-bond acceptors (Lipinski definition) is 1. The minimum absolute atomic E-state index is 0.502. The maximum atomic E-state index is 6.15. The highest BCUT2D eigenvalue weighted by Crippen LogP contribution is 2.20. The maximum absolute atomic E-state index is 6.15. The molecule has 0 unspecified atom stereocenters. The van der Waals surface area contributed by atoms with E-state index in [0.717, 1.165) is 5.19 Å². The summed E-state index contributed by atoms with van der Waals surface area (Å²) in [5, 5.41) is 0.974. The molecule has 1 aromatic heterocycles. The van der Waals surface area contributed by atoms with E-state index in [1.807, 2.05) is 12.1 Å². The molecule has 0 fully saturated rings. The van der Waals surface area contributed by atoms with E-state index in [1.165, 1.54) is 0 Å². The maximum Gasteiger partial charge on any atom is 0.282 e. The van der Waals surface area contributed by atoms with Crippen molar-refractivity contribution in [2.45, 2.75) is 6.04 Å². The first-order valence-corrected chi connectivity index (χ1v) is 8.27. The van der Waals surface area contributed by atoms with Crippen molar-refractivity contribution in [2.75, 3.05) is 5.88 Å². The van der Waals surface area contributed by atoms with Crippen LogP contribution in [0.25, 0.3) is 0 Å². The molecule has 0 aromatic carbocycles. The average Bonchev–Trinajstić information content (AvgIpc) is 2.06. The fourth-order valence-electron chi connectivity index (χ4n) is 0.859. The van der Waals surface area contributed by atoms with Gasteiger partial charge >= 0.3 is 0 Å². The molecule has 1 rings (SSSR count). The lowest BCUT2D eigenvalue weighted by Crippen LogP contribution is -2.36. The van der Waals surface area contributed by atoms with Gasteiger partial charge in [-0.3, -0.25) is 4.98 Å². The van der Waals surface area contributed by atoms with Crippen LogP contribution in [0, 0.1) is 0 Å². The first-order valence-electron chi connectivity index (χ1n) is 3.51. The van der Waals surface area contributed by atoms with Crippen molar-refractivity contribution in [3.8, 4) is 0 Å². The molecular formula is C7H8Cl3NSi. The van der Waals surface area contributed by atoms with Crippen LogP contribution in [-0.4, -0.2) is 17.6 Å². The van der Waals surface area contributed by atoms with Gasteiger partial charge in [0.05, 0.1) is 0 Å². The van der Waals surface area contributed by atoms with Crippen molar-refractivity contribution in [1.29, 1.82) is 0 Å². The fourth-order valence-corrected chi connectivity index (χ4v) is 4.78. The summed E-state index contributed by atoms with van der Waals surface area (Å²) in [5.74, 6) is 0.502. The Hall–Kier alpha value is 0.237. The average molecular weight is 241 g/mol. The predicted octanol–water partition coefficient (Wildman–Crippen LogP) is 2.45. The fraction of sp³-hybridized carbons (Fsp3) is 0.286. The Labute approximate surface area is 87.1 Å². The molecule has 0 bridgehead atoms. The summed E-state index contributed by atoms with van der Waals surface area (Å²) in [4.78, 5) is 3.89. The van der Waals surface area contributed by atoms with Crippen molar-refractivity contribution in [3.05, 3.63) is 24.5 Å². The van der Waals surface area contributed by atoms with Gasteiger partial charge in [0.1, 0.15) is 0 Å². The number of pyridine rings is 1. The molecule has 0 saturated heterocycles. The minimum Gasteiger partial charge on any atom is -0.265 e. The van der Waals surface area contributed by atoms with E-state index in [1.54, 1.807) is 12.4 Å². The quantitative estimate of drug-likeness (QED) is 0.449. The zero-order chi connectivity index (χ0) is 9.03. The molecule has 66 valence electrons. The van der Waals surface area contributed by atoms with E-state index in [9.17, 15) is 0 Å². The van der Waals surface area contributed by atoms with Gasteiger partial charge in [-0.25, -0.2) is 0 Å². The van der Waals surface area contributed by atoms with Crippen LogP contribution in [0.15, 0.2) is 24.5 Å². The van der Waals surface area contributed by atoms with Gasteiger partial charge in [0.2, 0.25) is 0 Å². The zero-order valence-electron chi connectivity index (χ0n) is 6.30. The molecule has 1 nitrogen and oxygen atoms in total. The van der Waals surface area contributed by atoms with E-state index in [4.69, 9.17) is 33.8 Å². The molecule has 0 saturated carbocycles. The highest BCUT2D eigenvalue weighted by Gasteiger charge is 2.29. The van der Waals surface area contributed by atoms with Crippen molar-refractivity contribution in [1.82, 2.24) is 4.98 Å². The summed E-state index contributed by atoms with van der Waals surface area (Å²) in [7, 11) is 0. The van der Waals surface area contributed by atoms with E-state index < -0.39 is 6.69 Å². The molecule has 12 heavy (non-hydrogen) atoms. The Morgan fingerprint density at radius 1 is 1.25 bits per heavy atom. The van der Waals surface area contributed by atoms with Gasteiger partial charge in [-0.1, -0.05) is 0 Å². The van der Waals surface area contributed by atoms with E-state index in [2.05, 4.69) is 4.98 Å². The smallest absolute Gasteiger partial charge is 0.265 e. The third-order valence-electron chi connectivity index (χ3n) is 1.51. The summed E-state index contributed by atoms with van der Waals surface area (Å²) >= 11 is 17.9. The van der Waals surface area contributed by atoms with Crippen LogP contribution in [-0.2, 0) is 0 Å². The molecule has 0 aliphatic heterocycles. The Balaban J connectivity index is 2.82. The number of hydrogen-bond donors (Lipinski definition) is 0. The summed E-state index contributed by atoms with van der Waals surface area (Å²) in [5.41, 5.74) is 0. The lowest BCUT2D eigenvalue weighted by atomic mass is 10.5. The number of nitrogens with zero attached hydrogens (tertiary/aromatic N) is 1. The van der Waals surface area contributed by atoms with Gasteiger partial charge in [-0.05, 0) is 23.4 Å². The second kappa shape index (κ2) is 4.47. The molecule has 0 radical (unpaired) electrons. The first-order chi connectivity index (χ1) is 5.67. The summed E-state index contributed by atoms with van der Waals surface area (Å²) in [6.07, 6.45) is 3.38. The Kier molecular flexibility index (Phi) is 3.84. The lowest BCUT2D eigenvalue weighted by Gasteiger charge is -2.14. The SMILES string of the molecule is ClCC[Si](Cl)(Cl)c1ccncc1. The van der Waals surface area contributed by atoms with Crippen molar-refractivity contribution < 1.29 is 0 Å². The molecular weight excluding hydrogens is 233 g/mol. The Bertz CT molecular complexity index is 240. The van der Waals surface area contributed by atoms with E-state index in [0.29, 0.717) is 11.9 Å². The summed E-state index contributed by atoms with van der Waals surface area (Å²) < 4.78 is 0. The third-order valence-corrected chi connectivity index (χ3v) is 6.52. The Morgan fingerprint density at radius 2 is 1.83 bits per heavy atom. The molecule has 1 aromatic rings. The second-order valence-corrected chi connectivity index (χ2v) is 9.70. The van der Waals surface area contributed by atoms with Gasteiger partial charge in [-0.2, -0.15) is 0 Å². The normalized spacial score (nSPS) is 11.6. The standard InChI is InChI=1S/C7H8Cl3NSi/c8-3-6-12(9,10)7-1-4-11-5-2-7/h1-2,4-5H,3,6H2. The molecule has 0 atom stereocenters. The van der Waals surface area contributed by atoms with Crippen LogP contribution in [0.2, 0.25) is 6.04 Å². The topological polar surface area (TPSA) is 12.9 Å². The molecule has 0 aliphatic rings. The first kappa shape index (κ1) is 10.3. The minimum atomic E-state index is -2.31. The summed E-state index contributed by atoms with van der Waals surface area (Å²) in [6, 6.07) is 4.36. The monoisotopic (exact) mass is 239 g/mol. The van der Waals surface area contributed by atoms with Crippen molar-refractivity contribution in [2.24, 2.45) is 0 Å². The number of halogens is 3. The van der Waals surface area contributed by atoms with Gasteiger partial charge < -0.3 is 0 Å². The Morgan fingerprint density at radius 3 is 2.33 bits per heavy atom. The second-order valence-electron chi connectivity index (χ2n) is 2.38. The van der Waals surface area contributed by atoms with Crippen LogP contribution in [0.5, 0.6) is 0 Å². The molecule has 1 heterocycles. The van der Waals surface area contributed by atoms with E-state index in [-0.39, 0.29) is 0 Å². The number of alkyl halides is 1.